The Morgan fingerprint density at radius 2 is 1.24 bits per heavy atom. The number of anilines is 1. The van der Waals surface area contributed by atoms with Crippen molar-refractivity contribution in [2.24, 2.45) is 0 Å². The van der Waals surface area contributed by atoms with E-state index in [1.54, 1.807) is 14.2 Å². The average molecular weight is 592 g/mol. The molecule has 1 fully saturated rings. The van der Waals surface area contributed by atoms with Gasteiger partial charge in [-0.25, -0.2) is 19.2 Å². The lowest BCUT2D eigenvalue weighted by Gasteiger charge is -2.37. The van der Waals surface area contributed by atoms with Crippen LogP contribution in [0.4, 0.5) is 5.69 Å². The number of benzene rings is 2. The Morgan fingerprint density at radius 3 is 1.67 bits per heavy atom. The molecule has 0 bridgehead atoms. The molecule has 1 amide bonds. The van der Waals surface area contributed by atoms with Gasteiger partial charge in [-0.05, 0) is 48.7 Å². The Balaban J connectivity index is 0.000000618. The third kappa shape index (κ3) is 12.2. The van der Waals surface area contributed by atoms with E-state index in [9.17, 15) is 4.79 Å². The Bertz CT molecular complexity index is 1160. The van der Waals surface area contributed by atoms with Crippen molar-refractivity contribution >= 4 is 35.5 Å². The van der Waals surface area contributed by atoms with Gasteiger partial charge in [0.2, 0.25) is 5.91 Å². The SMILES string of the molecule is CCc1ccc(NC(=O)C(C)N2CCN(Cc3ccc(OC)c(OC)c3)CC2)cc1.O=C(O)C(=O)O.O=C(O)C(=O)O. The number of rotatable bonds is 8. The second-order valence-electron chi connectivity index (χ2n) is 8.94. The first-order valence-electron chi connectivity index (χ1n) is 12.8. The summed E-state index contributed by atoms with van der Waals surface area (Å²) in [7, 11) is 3.30. The molecule has 3 rings (SSSR count). The molecule has 1 heterocycles. The van der Waals surface area contributed by atoms with Crippen LogP contribution in [0.1, 0.15) is 25.0 Å². The van der Waals surface area contributed by atoms with Crippen molar-refractivity contribution in [3.05, 3.63) is 53.6 Å². The summed E-state index contributed by atoms with van der Waals surface area (Å²) in [6.45, 7) is 8.57. The highest BCUT2D eigenvalue weighted by Crippen LogP contribution is 2.28. The van der Waals surface area contributed by atoms with E-state index in [1.165, 1.54) is 11.1 Å². The lowest BCUT2D eigenvalue weighted by atomic mass is 10.1. The van der Waals surface area contributed by atoms with Gasteiger partial charge in [-0.2, -0.15) is 0 Å². The number of carbonyl (C=O) groups is 5. The van der Waals surface area contributed by atoms with Crippen molar-refractivity contribution in [3.63, 3.8) is 0 Å². The third-order valence-electron chi connectivity index (χ3n) is 6.18. The molecule has 1 aliphatic rings. The van der Waals surface area contributed by atoms with Crippen LogP contribution in [0.3, 0.4) is 0 Å². The fourth-order valence-electron chi connectivity index (χ4n) is 3.78. The highest BCUT2D eigenvalue weighted by atomic mass is 16.5. The molecule has 0 saturated carbocycles. The van der Waals surface area contributed by atoms with E-state index in [4.69, 9.17) is 49.1 Å². The van der Waals surface area contributed by atoms with Crippen LogP contribution in [0, 0.1) is 0 Å². The molecule has 1 saturated heterocycles. The first kappa shape index (κ1) is 35.3. The van der Waals surface area contributed by atoms with Crippen LogP contribution in [0.15, 0.2) is 42.5 Å². The zero-order valence-electron chi connectivity index (χ0n) is 23.9. The van der Waals surface area contributed by atoms with Crippen molar-refractivity contribution < 1.29 is 53.9 Å². The summed E-state index contributed by atoms with van der Waals surface area (Å²) >= 11 is 0. The van der Waals surface area contributed by atoms with E-state index in [1.807, 2.05) is 31.2 Å². The van der Waals surface area contributed by atoms with Gasteiger partial charge in [0.05, 0.1) is 20.3 Å². The molecule has 5 N–H and O–H groups in total. The highest BCUT2D eigenvalue weighted by molar-refractivity contribution is 6.27. The standard InChI is InChI=1S/C24H33N3O3.2C2H2O4/c1-5-19-6-9-21(10-7-19)25-24(28)18(2)27-14-12-26(13-15-27)17-20-8-11-22(29-3)23(16-20)30-4;2*3-1(4)2(5)6/h6-11,16,18H,5,12-15,17H2,1-4H3,(H,25,28);2*(H,3,4)(H,5,6). The number of nitrogens with zero attached hydrogens (tertiary/aromatic N) is 2. The number of hydrogen-bond donors (Lipinski definition) is 5. The molecule has 2 aromatic rings. The van der Waals surface area contributed by atoms with Gasteiger partial charge in [0.1, 0.15) is 0 Å². The molecule has 14 nitrogen and oxygen atoms in total. The van der Waals surface area contributed by atoms with Gasteiger partial charge in [0.25, 0.3) is 0 Å². The summed E-state index contributed by atoms with van der Waals surface area (Å²) in [5.41, 5.74) is 3.32. The summed E-state index contributed by atoms with van der Waals surface area (Å²) in [6, 6.07) is 14.0. The van der Waals surface area contributed by atoms with Crippen molar-refractivity contribution in [1.29, 1.82) is 0 Å². The predicted octanol–water partition coefficient (Wildman–Crippen LogP) is 1.72. The number of carboxylic acids is 4. The summed E-state index contributed by atoms with van der Waals surface area (Å²) in [5, 5.41) is 32.6. The average Bonchev–Trinajstić information content (AvgIpc) is 2.98. The second kappa shape index (κ2) is 17.9. The molecule has 1 atom stereocenters. The monoisotopic (exact) mass is 591 g/mol. The van der Waals surface area contributed by atoms with Crippen LogP contribution in [0.5, 0.6) is 11.5 Å². The van der Waals surface area contributed by atoms with E-state index in [0.29, 0.717) is 0 Å². The number of piperazine rings is 1. The van der Waals surface area contributed by atoms with Gasteiger partial charge in [-0.3, -0.25) is 14.6 Å². The summed E-state index contributed by atoms with van der Waals surface area (Å²) in [6.07, 6.45) is 0.998. The third-order valence-corrected chi connectivity index (χ3v) is 6.18. The van der Waals surface area contributed by atoms with Gasteiger partial charge in [-0.1, -0.05) is 25.1 Å². The molecule has 14 heteroatoms. The number of nitrogens with one attached hydrogen (secondary N) is 1. The fraction of sp³-hybridized carbons (Fsp3) is 0.393. The zero-order valence-corrected chi connectivity index (χ0v) is 23.9. The number of carboxylic acid groups (broad SMARTS) is 4. The van der Waals surface area contributed by atoms with Crippen molar-refractivity contribution in [2.45, 2.75) is 32.9 Å². The van der Waals surface area contributed by atoms with E-state index >= 15 is 0 Å². The van der Waals surface area contributed by atoms with E-state index in [-0.39, 0.29) is 11.9 Å². The smallest absolute Gasteiger partial charge is 0.414 e. The summed E-state index contributed by atoms with van der Waals surface area (Å²) in [5.74, 6) is -5.75. The quantitative estimate of drug-likeness (QED) is 0.278. The first-order valence-corrected chi connectivity index (χ1v) is 12.8. The summed E-state index contributed by atoms with van der Waals surface area (Å²) in [4.78, 5) is 53.7. The number of ether oxygens (including phenoxy) is 2. The lowest BCUT2D eigenvalue weighted by molar-refractivity contribution is -0.159. The van der Waals surface area contributed by atoms with Gasteiger partial charge in [0, 0.05) is 38.4 Å². The molecule has 0 aliphatic carbocycles. The van der Waals surface area contributed by atoms with Crippen molar-refractivity contribution in [1.82, 2.24) is 9.80 Å². The van der Waals surface area contributed by atoms with Gasteiger partial charge in [0.15, 0.2) is 11.5 Å². The Hall–Kier alpha value is -4.69. The number of carbonyl (C=O) groups excluding carboxylic acids is 1. The molecule has 0 radical (unpaired) electrons. The van der Waals surface area contributed by atoms with Gasteiger partial charge >= 0.3 is 23.9 Å². The minimum Gasteiger partial charge on any atom is -0.493 e. The largest absolute Gasteiger partial charge is 0.493 e. The molecule has 0 aromatic heterocycles. The normalized spacial score (nSPS) is 13.6. The van der Waals surface area contributed by atoms with Crippen LogP contribution in [0.2, 0.25) is 0 Å². The zero-order chi connectivity index (χ0) is 31.8. The molecular formula is C28H37N3O11. The van der Waals surface area contributed by atoms with Gasteiger partial charge < -0.3 is 35.2 Å². The topological polar surface area (TPSA) is 203 Å². The Kier molecular flexibility index (Phi) is 15.0. The number of aryl methyl sites for hydroxylation is 1. The molecule has 2 aromatic carbocycles. The maximum Gasteiger partial charge on any atom is 0.414 e. The molecule has 42 heavy (non-hydrogen) atoms. The van der Waals surface area contributed by atoms with Crippen LogP contribution in [0.25, 0.3) is 0 Å². The van der Waals surface area contributed by atoms with Crippen LogP contribution >= 0.6 is 0 Å². The fourth-order valence-corrected chi connectivity index (χ4v) is 3.78. The number of aliphatic carboxylic acids is 4. The van der Waals surface area contributed by atoms with E-state index < -0.39 is 23.9 Å². The predicted molar refractivity (Wildman–Crippen MR) is 151 cm³/mol. The van der Waals surface area contributed by atoms with Crippen LogP contribution < -0.4 is 14.8 Å². The highest BCUT2D eigenvalue weighted by Gasteiger charge is 2.25. The van der Waals surface area contributed by atoms with E-state index in [0.717, 1.165) is 56.3 Å². The summed E-state index contributed by atoms with van der Waals surface area (Å²) < 4.78 is 10.7. The second-order valence-corrected chi connectivity index (χ2v) is 8.94. The first-order chi connectivity index (χ1) is 19.8. The number of methoxy groups -OCH3 is 2. The molecule has 230 valence electrons. The Morgan fingerprint density at radius 1 is 0.762 bits per heavy atom. The van der Waals surface area contributed by atoms with Crippen LogP contribution in [-0.4, -0.2) is 106 Å². The van der Waals surface area contributed by atoms with Crippen molar-refractivity contribution in [3.8, 4) is 11.5 Å². The molecule has 0 spiro atoms. The maximum atomic E-state index is 12.7. The minimum absolute atomic E-state index is 0.0487. The molecule has 1 aliphatic heterocycles. The van der Waals surface area contributed by atoms with E-state index in [2.05, 4.69) is 40.2 Å². The minimum atomic E-state index is -1.82. The van der Waals surface area contributed by atoms with Crippen molar-refractivity contribution in [2.75, 3.05) is 45.7 Å². The lowest BCUT2D eigenvalue weighted by Crippen LogP contribution is -2.52. The maximum absolute atomic E-state index is 12.7. The molecule has 1 unspecified atom stereocenters. The van der Waals surface area contributed by atoms with Crippen LogP contribution in [-0.2, 0) is 36.9 Å². The Labute approximate surface area is 243 Å². The number of hydrogen-bond acceptors (Lipinski definition) is 9. The number of amides is 1. The van der Waals surface area contributed by atoms with Gasteiger partial charge in [-0.15, -0.1) is 0 Å². The molecular weight excluding hydrogens is 554 g/mol.